The minimum absolute atomic E-state index is 0.551. The van der Waals surface area contributed by atoms with E-state index in [1.54, 1.807) is 11.3 Å². The molecule has 3 heteroatoms. The summed E-state index contributed by atoms with van der Waals surface area (Å²) in [5, 5.41) is 0.852. The number of hydrogen-bond acceptors (Lipinski definition) is 2. The second-order valence-electron chi connectivity index (χ2n) is 2.21. The number of thiophene rings is 1. The van der Waals surface area contributed by atoms with Gasteiger partial charge < -0.3 is 5.73 Å². The molecule has 0 aromatic carbocycles. The highest BCUT2D eigenvalue weighted by atomic mass is 35.5. The lowest BCUT2D eigenvalue weighted by Gasteiger charge is -1.93. The molecule has 0 bridgehead atoms. The molecule has 0 saturated carbocycles. The SMILES string of the molecule is Cc1sc(C)c(CN)c1Cl. The van der Waals surface area contributed by atoms with Gasteiger partial charge in [0.2, 0.25) is 0 Å². The molecule has 1 rings (SSSR count). The maximum Gasteiger partial charge on any atom is 0.0589 e. The van der Waals surface area contributed by atoms with Crippen LogP contribution in [0, 0.1) is 13.8 Å². The first kappa shape index (κ1) is 8.05. The molecule has 1 aromatic rings. The molecule has 0 fully saturated rings. The van der Waals surface area contributed by atoms with Crippen LogP contribution in [0.1, 0.15) is 15.3 Å². The van der Waals surface area contributed by atoms with Gasteiger partial charge in [-0.3, -0.25) is 0 Å². The van der Waals surface area contributed by atoms with Crippen molar-refractivity contribution in [1.82, 2.24) is 0 Å². The Morgan fingerprint density at radius 1 is 1.40 bits per heavy atom. The van der Waals surface area contributed by atoms with Crippen molar-refractivity contribution < 1.29 is 0 Å². The summed E-state index contributed by atoms with van der Waals surface area (Å²) in [7, 11) is 0. The molecule has 1 heterocycles. The second-order valence-corrected chi connectivity index (χ2v) is 4.02. The van der Waals surface area contributed by atoms with Gasteiger partial charge in [-0.2, -0.15) is 0 Å². The molecule has 56 valence electrons. The Balaban J connectivity index is 3.20. The van der Waals surface area contributed by atoms with Gasteiger partial charge in [-0.15, -0.1) is 11.3 Å². The fourth-order valence-electron chi connectivity index (χ4n) is 0.936. The van der Waals surface area contributed by atoms with Crippen LogP contribution < -0.4 is 5.73 Å². The summed E-state index contributed by atoms with van der Waals surface area (Å²) >= 11 is 7.65. The zero-order valence-electron chi connectivity index (χ0n) is 6.07. The average Bonchev–Trinajstić information content (AvgIpc) is 2.09. The lowest BCUT2D eigenvalue weighted by Crippen LogP contribution is -1.96. The average molecular weight is 176 g/mol. The fourth-order valence-corrected chi connectivity index (χ4v) is 2.31. The fraction of sp³-hybridized carbons (Fsp3) is 0.429. The summed E-state index contributed by atoms with van der Waals surface area (Å²) in [6.07, 6.45) is 0. The molecule has 0 saturated heterocycles. The second kappa shape index (κ2) is 2.91. The molecule has 0 radical (unpaired) electrons. The monoisotopic (exact) mass is 175 g/mol. The maximum atomic E-state index is 5.94. The summed E-state index contributed by atoms with van der Waals surface area (Å²) < 4.78 is 0. The zero-order chi connectivity index (χ0) is 7.72. The Bertz CT molecular complexity index is 242. The smallest absolute Gasteiger partial charge is 0.0589 e. The number of rotatable bonds is 1. The molecule has 0 aliphatic rings. The number of aryl methyl sites for hydroxylation is 2. The first-order valence-corrected chi connectivity index (χ1v) is 4.30. The molecule has 1 nitrogen and oxygen atoms in total. The Morgan fingerprint density at radius 2 is 2.00 bits per heavy atom. The van der Waals surface area contributed by atoms with Crippen LogP contribution in [0.25, 0.3) is 0 Å². The molecule has 0 atom stereocenters. The largest absolute Gasteiger partial charge is 0.326 e. The third-order valence-electron chi connectivity index (χ3n) is 1.51. The van der Waals surface area contributed by atoms with E-state index in [0.717, 1.165) is 10.6 Å². The number of hydrogen-bond donors (Lipinski definition) is 1. The van der Waals surface area contributed by atoms with Gasteiger partial charge in [-0.25, -0.2) is 0 Å². The van der Waals surface area contributed by atoms with Crippen molar-refractivity contribution >= 4 is 22.9 Å². The van der Waals surface area contributed by atoms with Crippen molar-refractivity contribution in [3.8, 4) is 0 Å². The van der Waals surface area contributed by atoms with Crippen LogP contribution in [0.4, 0.5) is 0 Å². The van der Waals surface area contributed by atoms with E-state index in [9.17, 15) is 0 Å². The van der Waals surface area contributed by atoms with Gasteiger partial charge in [0.25, 0.3) is 0 Å². The third kappa shape index (κ3) is 1.19. The van der Waals surface area contributed by atoms with Gasteiger partial charge in [-0.1, -0.05) is 11.6 Å². The van der Waals surface area contributed by atoms with Crippen LogP contribution in [0.5, 0.6) is 0 Å². The number of halogens is 1. The lowest BCUT2D eigenvalue weighted by molar-refractivity contribution is 1.07. The van der Waals surface area contributed by atoms with E-state index in [1.165, 1.54) is 9.75 Å². The summed E-state index contributed by atoms with van der Waals surface area (Å²) in [5.74, 6) is 0. The van der Waals surface area contributed by atoms with Gasteiger partial charge in [0.1, 0.15) is 0 Å². The molecule has 0 aliphatic carbocycles. The van der Waals surface area contributed by atoms with E-state index in [0.29, 0.717) is 6.54 Å². The Labute approximate surface area is 69.8 Å². The molecule has 0 spiro atoms. The van der Waals surface area contributed by atoms with Crippen molar-refractivity contribution in [2.24, 2.45) is 5.73 Å². The van der Waals surface area contributed by atoms with Gasteiger partial charge in [-0.05, 0) is 19.4 Å². The van der Waals surface area contributed by atoms with E-state index in [4.69, 9.17) is 17.3 Å². The molecule has 0 aliphatic heterocycles. The van der Waals surface area contributed by atoms with Crippen molar-refractivity contribution in [2.75, 3.05) is 0 Å². The van der Waals surface area contributed by atoms with Crippen LogP contribution >= 0.6 is 22.9 Å². The van der Waals surface area contributed by atoms with E-state index in [-0.39, 0.29) is 0 Å². The summed E-state index contributed by atoms with van der Waals surface area (Å²) in [4.78, 5) is 2.41. The topological polar surface area (TPSA) is 26.0 Å². The van der Waals surface area contributed by atoms with Crippen molar-refractivity contribution in [3.05, 3.63) is 20.3 Å². The van der Waals surface area contributed by atoms with E-state index < -0.39 is 0 Å². The van der Waals surface area contributed by atoms with E-state index >= 15 is 0 Å². The molecule has 1 aromatic heterocycles. The van der Waals surface area contributed by atoms with Gasteiger partial charge in [0.15, 0.2) is 0 Å². The van der Waals surface area contributed by atoms with Gasteiger partial charge in [0.05, 0.1) is 5.02 Å². The standard InChI is InChI=1S/C7H10ClNS/c1-4-6(3-9)7(8)5(2)10-4/h3,9H2,1-2H3. The Hall–Kier alpha value is -0.0500. The minimum Gasteiger partial charge on any atom is -0.326 e. The molecule has 10 heavy (non-hydrogen) atoms. The molecule has 0 unspecified atom stereocenters. The summed E-state index contributed by atoms with van der Waals surface area (Å²) in [5.41, 5.74) is 6.59. The van der Waals surface area contributed by atoms with E-state index in [1.807, 2.05) is 13.8 Å². The highest BCUT2D eigenvalue weighted by Gasteiger charge is 2.07. The summed E-state index contributed by atoms with van der Waals surface area (Å²) in [6, 6.07) is 0. The first-order valence-electron chi connectivity index (χ1n) is 3.11. The van der Waals surface area contributed by atoms with Gasteiger partial charge in [0, 0.05) is 16.3 Å². The zero-order valence-corrected chi connectivity index (χ0v) is 7.64. The van der Waals surface area contributed by atoms with Crippen LogP contribution in [0.15, 0.2) is 0 Å². The number of nitrogens with two attached hydrogens (primary N) is 1. The predicted octanol–water partition coefficient (Wildman–Crippen LogP) is 2.48. The Morgan fingerprint density at radius 3 is 2.20 bits per heavy atom. The first-order chi connectivity index (χ1) is 4.66. The van der Waals surface area contributed by atoms with E-state index in [2.05, 4.69) is 0 Å². The predicted molar refractivity (Wildman–Crippen MR) is 46.7 cm³/mol. The van der Waals surface area contributed by atoms with Gasteiger partial charge >= 0.3 is 0 Å². The Kier molecular flexibility index (Phi) is 2.34. The third-order valence-corrected chi connectivity index (χ3v) is 3.20. The summed E-state index contributed by atoms with van der Waals surface area (Å²) in [6.45, 7) is 4.61. The van der Waals surface area contributed by atoms with Crippen LogP contribution in [0.3, 0.4) is 0 Å². The lowest BCUT2D eigenvalue weighted by atomic mass is 10.2. The van der Waals surface area contributed by atoms with Crippen LogP contribution in [-0.4, -0.2) is 0 Å². The highest BCUT2D eigenvalue weighted by Crippen LogP contribution is 2.30. The molecular weight excluding hydrogens is 166 g/mol. The van der Waals surface area contributed by atoms with Crippen molar-refractivity contribution in [2.45, 2.75) is 20.4 Å². The maximum absolute atomic E-state index is 5.94. The molecular formula is C7H10ClNS. The van der Waals surface area contributed by atoms with Crippen LogP contribution in [-0.2, 0) is 6.54 Å². The van der Waals surface area contributed by atoms with Crippen molar-refractivity contribution in [3.63, 3.8) is 0 Å². The highest BCUT2D eigenvalue weighted by molar-refractivity contribution is 7.12. The normalized spacial score (nSPS) is 10.4. The minimum atomic E-state index is 0.551. The molecule has 0 amide bonds. The van der Waals surface area contributed by atoms with Crippen LogP contribution in [0.2, 0.25) is 5.02 Å². The van der Waals surface area contributed by atoms with Crippen molar-refractivity contribution in [1.29, 1.82) is 0 Å². The molecule has 2 N–H and O–H groups in total. The quantitative estimate of drug-likeness (QED) is 0.698.